The largest absolute Gasteiger partial charge is 0.481 e. The minimum atomic E-state index is -0.675. The first-order valence-corrected chi connectivity index (χ1v) is 5.52. The summed E-state index contributed by atoms with van der Waals surface area (Å²) in [5.74, 6) is -0.675. The number of hydrogen-bond acceptors (Lipinski definition) is 3. The molecule has 0 heterocycles. The van der Waals surface area contributed by atoms with Gasteiger partial charge in [-0.2, -0.15) is 0 Å². The molecule has 4 nitrogen and oxygen atoms in total. The summed E-state index contributed by atoms with van der Waals surface area (Å²) < 4.78 is 0. The highest BCUT2D eigenvalue weighted by molar-refractivity contribution is 5.66. The van der Waals surface area contributed by atoms with Crippen molar-refractivity contribution in [3.8, 4) is 0 Å². The highest BCUT2D eigenvalue weighted by Gasteiger charge is 1.93. The fourth-order valence-electron chi connectivity index (χ4n) is 0.903. The van der Waals surface area contributed by atoms with Crippen LogP contribution in [0.2, 0.25) is 0 Å². The molecular weight excluding hydrogens is 194 g/mol. The number of hydrogen-bond donors (Lipinski definition) is 2. The predicted molar refractivity (Wildman–Crippen MR) is 62.0 cm³/mol. The minimum Gasteiger partial charge on any atom is -0.481 e. The predicted octanol–water partition coefficient (Wildman–Crippen LogP) is 1.58. The third-order valence-corrected chi connectivity index (χ3v) is 1.79. The van der Waals surface area contributed by atoms with E-state index in [-0.39, 0.29) is 6.61 Å². The standard InChI is InChI=1S/C7H14O2.C4H11NO/c1-2-3-4-5-6-7(8)9;1-5(2)3-4-6/h2-6H2,1H3,(H,8,9);6H,3-4H2,1-2H3. The Morgan fingerprint density at radius 1 is 1.20 bits per heavy atom. The number of aliphatic hydroxyl groups excluding tert-OH is 1. The molecule has 0 rings (SSSR count). The molecule has 0 saturated carbocycles. The number of unbranched alkanes of at least 4 members (excludes halogenated alkanes) is 3. The molecule has 0 aliphatic rings. The lowest BCUT2D eigenvalue weighted by Crippen LogP contribution is -2.15. The fraction of sp³-hybridized carbons (Fsp3) is 0.909. The summed E-state index contributed by atoms with van der Waals surface area (Å²) in [6.45, 7) is 3.13. The van der Waals surface area contributed by atoms with Gasteiger partial charge in [-0.05, 0) is 20.5 Å². The van der Waals surface area contributed by atoms with Gasteiger partial charge >= 0.3 is 5.97 Å². The summed E-state index contributed by atoms with van der Waals surface area (Å²) in [6.07, 6.45) is 4.55. The Bertz CT molecular complexity index is 138. The molecule has 0 saturated heterocycles. The number of carbonyl (C=O) groups is 1. The molecule has 0 aromatic carbocycles. The van der Waals surface area contributed by atoms with E-state index >= 15 is 0 Å². The van der Waals surface area contributed by atoms with Gasteiger partial charge in [0, 0.05) is 13.0 Å². The van der Waals surface area contributed by atoms with Crippen LogP contribution in [-0.4, -0.2) is 48.3 Å². The Kier molecular flexibility index (Phi) is 15.0. The molecule has 15 heavy (non-hydrogen) atoms. The van der Waals surface area contributed by atoms with E-state index < -0.39 is 5.97 Å². The molecule has 0 amide bonds. The van der Waals surface area contributed by atoms with E-state index in [1.54, 1.807) is 0 Å². The highest BCUT2D eigenvalue weighted by atomic mass is 16.4. The summed E-state index contributed by atoms with van der Waals surface area (Å²) in [5, 5.41) is 16.4. The maximum absolute atomic E-state index is 9.96. The Balaban J connectivity index is 0. The van der Waals surface area contributed by atoms with Gasteiger partial charge in [-0.15, -0.1) is 0 Å². The maximum atomic E-state index is 9.96. The van der Waals surface area contributed by atoms with E-state index in [1.807, 2.05) is 19.0 Å². The Morgan fingerprint density at radius 2 is 1.80 bits per heavy atom. The van der Waals surface area contributed by atoms with E-state index in [9.17, 15) is 4.79 Å². The zero-order valence-corrected chi connectivity index (χ0v) is 10.2. The molecule has 92 valence electrons. The van der Waals surface area contributed by atoms with Gasteiger partial charge in [0.15, 0.2) is 0 Å². The van der Waals surface area contributed by atoms with Crippen molar-refractivity contribution in [2.45, 2.75) is 39.0 Å². The fourth-order valence-corrected chi connectivity index (χ4v) is 0.903. The van der Waals surface area contributed by atoms with Gasteiger partial charge in [0.2, 0.25) is 0 Å². The van der Waals surface area contributed by atoms with Crippen molar-refractivity contribution in [3.63, 3.8) is 0 Å². The lowest BCUT2D eigenvalue weighted by Gasteiger charge is -2.03. The number of aliphatic carboxylic acids is 1. The van der Waals surface area contributed by atoms with Gasteiger partial charge < -0.3 is 15.1 Å². The lowest BCUT2D eigenvalue weighted by atomic mass is 10.2. The zero-order valence-electron chi connectivity index (χ0n) is 10.2. The summed E-state index contributed by atoms with van der Waals surface area (Å²) in [4.78, 5) is 11.9. The van der Waals surface area contributed by atoms with Gasteiger partial charge in [0.25, 0.3) is 0 Å². The van der Waals surface area contributed by atoms with E-state index in [0.717, 1.165) is 25.8 Å². The third-order valence-electron chi connectivity index (χ3n) is 1.79. The van der Waals surface area contributed by atoms with Crippen LogP contribution >= 0.6 is 0 Å². The van der Waals surface area contributed by atoms with Crippen LogP contribution in [-0.2, 0) is 4.79 Å². The normalized spacial score (nSPS) is 9.67. The van der Waals surface area contributed by atoms with E-state index in [2.05, 4.69) is 6.92 Å². The molecule has 0 unspecified atom stereocenters. The molecule has 0 aromatic rings. The van der Waals surface area contributed by atoms with Crippen LogP contribution in [0.15, 0.2) is 0 Å². The molecule has 0 aliphatic carbocycles. The van der Waals surface area contributed by atoms with Crippen molar-refractivity contribution in [2.75, 3.05) is 27.2 Å². The van der Waals surface area contributed by atoms with Crippen molar-refractivity contribution in [3.05, 3.63) is 0 Å². The first-order chi connectivity index (χ1) is 7.04. The monoisotopic (exact) mass is 219 g/mol. The second kappa shape index (κ2) is 13.4. The molecule has 0 fully saturated rings. The lowest BCUT2D eigenvalue weighted by molar-refractivity contribution is -0.137. The molecule has 4 heteroatoms. The first kappa shape index (κ1) is 16.8. The molecule has 0 aliphatic heterocycles. The minimum absolute atomic E-state index is 0.257. The molecule has 0 aromatic heterocycles. The van der Waals surface area contributed by atoms with Gasteiger partial charge in [-0.1, -0.05) is 26.2 Å². The van der Waals surface area contributed by atoms with Crippen molar-refractivity contribution in [1.82, 2.24) is 4.90 Å². The van der Waals surface area contributed by atoms with Crippen LogP contribution in [0.1, 0.15) is 39.0 Å². The number of aliphatic hydroxyl groups is 1. The third kappa shape index (κ3) is 24.7. The number of carboxylic acid groups (broad SMARTS) is 1. The summed E-state index contributed by atoms with van der Waals surface area (Å²) >= 11 is 0. The Morgan fingerprint density at radius 3 is 2.07 bits per heavy atom. The van der Waals surface area contributed by atoms with Crippen LogP contribution in [0, 0.1) is 0 Å². The van der Waals surface area contributed by atoms with Crippen LogP contribution in [0.5, 0.6) is 0 Å². The van der Waals surface area contributed by atoms with Gasteiger partial charge in [0.05, 0.1) is 6.61 Å². The molecule has 0 atom stereocenters. The molecular formula is C11H25NO3. The van der Waals surface area contributed by atoms with E-state index in [1.165, 1.54) is 6.42 Å². The second-order valence-corrected chi connectivity index (χ2v) is 3.73. The summed E-state index contributed by atoms with van der Waals surface area (Å²) in [5.41, 5.74) is 0. The van der Waals surface area contributed by atoms with Gasteiger partial charge in [0.1, 0.15) is 0 Å². The summed E-state index contributed by atoms with van der Waals surface area (Å²) in [7, 11) is 3.85. The average Bonchev–Trinajstić information content (AvgIpc) is 2.13. The van der Waals surface area contributed by atoms with Gasteiger partial charge in [-0.3, -0.25) is 4.79 Å². The number of carboxylic acids is 1. The van der Waals surface area contributed by atoms with Crippen LogP contribution in [0.25, 0.3) is 0 Å². The molecule has 0 bridgehead atoms. The number of likely N-dealkylation sites (N-methyl/N-ethyl adjacent to an activating group) is 1. The number of rotatable bonds is 7. The zero-order chi connectivity index (χ0) is 12.1. The number of nitrogens with zero attached hydrogens (tertiary/aromatic N) is 1. The Hall–Kier alpha value is -0.610. The smallest absolute Gasteiger partial charge is 0.303 e. The summed E-state index contributed by atoms with van der Waals surface area (Å²) in [6, 6.07) is 0. The van der Waals surface area contributed by atoms with Crippen molar-refractivity contribution in [1.29, 1.82) is 0 Å². The maximum Gasteiger partial charge on any atom is 0.303 e. The quantitative estimate of drug-likeness (QED) is 0.638. The molecule has 2 N–H and O–H groups in total. The average molecular weight is 219 g/mol. The second-order valence-electron chi connectivity index (χ2n) is 3.73. The van der Waals surface area contributed by atoms with Crippen molar-refractivity contribution >= 4 is 5.97 Å². The first-order valence-electron chi connectivity index (χ1n) is 5.52. The van der Waals surface area contributed by atoms with E-state index in [0.29, 0.717) is 6.42 Å². The molecule has 0 spiro atoms. The van der Waals surface area contributed by atoms with Crippen molar-refractivity contribution in [2.24, 2.45) is 0 Å². The van der Waals surface area contributed by atoms with Crippen molar-refractivity contribution < 1.29 is 15.0 Å². The highest BCUT2D eigenvalue weighted by Crippen LogP contribution is 2.01. The topological polar surface area (TPSA) is 60.8 Å². The van der Waals surface area contributed by atoms with Gasteiger partial charge in [-0.25, -0.2) is 0 Å². The van der Waals surface area contributed by atoms with Crippen LogP contribution in [0.4, 0.5) is 0 Å². The van der Waals surface area contributed by atoms with Crippen LogP contribution < -0.4 is 0 Å². The van der Waals surface area contributed by atoms with E-state index in [4.69, 9.17) is 10.2 Å². The molecule has 0 radical (unpaired) electrons. The SMILES string of the molecule is CCCCCCC(=O)O.CN(C)CCO. The van der Waals surface area contributed by atoms with Crippen LogP contribution in [0.3, 0.4) is 0 Å². The Labute approximate surface area is 92.9 Å².